The highest BCUT2D eigenvalue weighted by Crippen LogP contribution is 2.17. The Bertz CT molecular complexity index is 226. The lowest BCUT2D eigenvalue weighted by atomic mass is 10.2. The van der Waals surface area contributed by atoms with E-state index >= 15 is 0 Å². The summed E-state index contributed by atoms with van der Waals surface area (Å²) in [5.74, 6) is -0.336. The van der Waals surface area contributed by atoms with Crippen LogP contribution in [-0.4, -0.2) is 22.1 Å². The third-order valence-electron chi connectivity index (χ3n) is 2.07. The first-order valence-electron chi connectivity index (χ1n) is 5.49. The molecule has 0 aliphatic carbocycles. The van der Waals surface area contributed by atoms with Crippen molar-refractivity contribution in [1.82, 2.24) is 0 Å². The minimum atomic E-state index is -0.336. The van der Waals surface area contributed by atoms with E-state index in [1.807, 2.05) is 12.2 Å². The van der Waals surface area contributed by atoms with Crippen LogP contribution in [0.4, 0.5) is 0 Å². The van der Waals surface area contributed by atoms with E-state index in [4.69, 9.17) is 4.74 Å². The number of rotatable bonds is 10. The second kappa shape index (κ2) is 10.4. The SMILES string of the molecule is C=CCC(CC=C)[Si]CCCOC(=O)C=C. The monoisotopic (exact) mass is 236 g/mol. The Hall–Kier alpha value is -1.09. The number of ether oxygens (including phenoxy) is 1. The van der Waals surface area contributed by atoms with Crippen LogP contribution >= 0.6 is 0 Å². The second-order valence-corrected chi connectivity index (χ2v) is 5.15. The molecule has 0 aromatic rings. The Morgan fingerprint density at radius 2 is 1.88 bits per heavy atom. The maximum absolute atomic E-state index is 10.7. The normalized spacial score (nSPS) is 9.81. The van der Waals surface area contributed by atoms with E-state index in [9.17, 15) is 4.79 Å². The smallest absolute Gasteiger partial charge is 0.330 e. The van der Waals surface area contributed by atoms with Gasteiger partial charge in [-0.15, -0.1) is 13.2 Å². The second-order valence-electron chi connectivity index (χ2n) is 3.42. The van der Waals surface area contributed by atoms with E-state index in [1.54, 1.807) is 0 Å². The van der Waals surface area contributed by atoms with Gasteiger partial charge in [-0.25, -0.2) is 4.79 Å². The number of carbonyl (C=O) groups is 1. The average molecular weight is 236 g/mol. The van der Waals surface area contributed by atoms with E-state index in [0.717, 1.165) is 34.8 Å². The molecule has 16 heavy (non-hydrogen) atoms. The molecule has 0 fully saturated rings. The molecule has 2 nitrogen and oxygen atoms in total. The highest BCUT2D eigenvalue weighted by Gasteiger charge is 2.05. The first-order chi connectivity index (χ1) is 7.74. The lowest BCUT2D eigenvalue weighted by molar-refractivity contribution is -0.137. The minimum absolute atomic E-state index is 0.336. The van der Waals surface area contributed by atoms with E-state index in [-0.39, 0.29) is 5.97 Å². The van der Waals surface area contributed by atoms with Gasteiger partial charge in [0.1, 0.15) is 0 Å². The molecule has 0 aromatic carbocycles. The molecule has 2 radical (unpaired) electrons. The molecule has 0 amide bonds. The Morgan fingerprint density at radius 1 is 1.25 bits per heavy atom. The standard InChI is InChI=1S/C13H20O2Si/c1-4-8-12(9-5-2)16-11-7-10-15-13(14)6-3/h4-6,12H,1-3,7-11H2. The van der Waals surface area contributed by atoms with Gasteiger partial charge in [0.05, 0.1) is 6.61 Å². The van der Waals surface area contributed by atoms with E-state index in [2.05, 4.69) is 19.7 Å². The van der Waals surface area contributed by atoms with Crippen LogP contribution in [0.3, 0.4) is 0 Å². The predicted molar refractivity (Wildman–Crippen MR) is 69.7 cm³/mol. The van der Waals surface area contributed by atoms with Crippen LogP contribution in [0, 0.1) is 0 Å². The van der Waals surface area contributed by atoms with Crippen LogP contribution in [0.1, 0.15) is 19.3 Å². The summed E-state index contributed by atoms with van der Waals surface area (Å²) in [6.45, 7) is 11.3. The molecule has 88 valence electrons. The maximum atomic E-state index is 10.7. The van der Waals surface area contributed by atoms with Crippen LogP contribution < -0.4 is 0 Å². The van der Waals surface area contributed by atoms with E-state index in [0.29, 0.717) is 12.1 Å². The highest BCUT2D eigenvalue weighted by molar-refractivity contribution is 6.37. The molecule has 0 unspecified atom stereocenters. The average Bonchev–Trinajstić information content (AvgIpc) is 2.28. The first-order valence-corrected chi connectivity index (χ1v) is 6.77. The Labute approximate surface area is 101 Å². The van der Waals surface area contributed by atoms with Gasteiger partial charge in [0.2, 0.25) is 0 Å². The number of carbonyl (C=O) groups excluding carboxylic acids is 1. The summed E-state index contributed by atoms with van der Waals surface area (Å²) in [6.07, 6.45) is 8.11. The van der Waals surface area contributed by atoms with Gasteiger partial charge < -0.3 is 4.74 Å². The molecule has 3 heteroatoms. The zero-order valence-electron chi connectivity index (χ0n) is 9.78. The third kappa shape index (κ3) is 8.23. The Morgan fingerprint density at radius 3 is 2.38 bits per heavy atom. The fraction of sp³-hybridized carbons (Fsp3) is 0.462. The van der Waals surface area contributed by atoms with Gasteiger partial charge in [-0.1, -0.05) is 24.8 Å². The molecule has 0 atom stereocenters. The zero-order chi connectivity index (χ0) is 12.2. The lowest BCUT2D eigenvalue weighted by Crippen LogP contribution is -2.06. The van der Waals surface area contributed by atoms with Crippen molar-refractivity contribution < 1.29 is 9.53 Å². The third-order valence-corrected chi connectivity index (χ3v) is 3.76. The maximum Gasteiger partial charge on any atom is 0.330 e. The lowest BCUT2D eigenvalue weighted by Gasteiger charge is -2.11. The van der Waals surface area contributed by atoms with Crippen molar-refractivity contribution in [3.8, 4) is 0 Å². The van der Waals surface area contributed by atoms with Crippen LogP contribution in [0.25, 0.3) is 0 Å². The van der Waals surface area contributed by atoms with Crippen molar-refractivity contribution in [1.29, 1.82) is 0 Å². The molecule has 0 bridgehead atoms. The largest absolute Gasteiger partial charge is 0.463 e. The van der Waals surface area contributed by atoms with Crippen LogP contribution in [0.15, 0.2) is 38.0 Å². The minimum Gasteiger partial charge on any atom is -0.463 e. The van der Waals surface area contributed by atoms with E-state index < -0.39 is 0 Å². The number of esters is 1. The summed E-state index contributed by atoms with van der Waals surface area (Å²) in [7, 11) is 0.881. The van der Waals surface area contributed by atoms with Crippen molar-refractivity contribution in [3.05, 3.63) is 38.0 Å². The van der Waals surface area contributed by atoms with Crippen molar-refractivity contribution in [2.75, 3.05) is 6.61 Å². The Balaban J connectivity index is 3.53. The van der Waals surface area contributed by atoms with E-state index in [1.165, 1.54) is 6.08 Å². The fourth-order valence-electron chi connectivity index (χ4n) is 1.28. The number of allylic oxidation sites excluding steroid dienone is 2. The van der Waals surface area contributed by atoms with Gasteiger partial charge in [0, 0.05) is 15.6 Å². The van der Waals surface area contributed by atoms with Gasteiger partial charge in [0.25, 0.3) is 0 Å². The van der Waals surface area contributed by atoms with Gasteiger partial charge in [0.15, 0.2) is 0 Å². The van der Waals surface area contributed by atoms with Crippen molar-refractivity contribution in [2.45, 2.75) is 30.8 Å². The first kappa shape index (κ1) is 14.9. The van der Waals surface area contributed by atoms with Gasteiger partial charge in [-0.2, -0.15) is 0 Å². The molecule has 0 N–H and O–H groups in total. The fourth-order valence-corrected chi connectivity index (χ4v) is 2.70. The molecular formula is C13H20O2Si. The van der Waals surface area contributed by atoms with Crippen LogP contribution in [0.5, 0.6) is 0 Å². The van der Waals surface area contributed by atoms with Gasteiger partial charge >= 0.3 is 5.97 Å². The summed E-state index contributed by atoms with van der Waals surface area (Å²) >= 11 is 0. The van der Waals surface area contributed by atoms with Crippen LogP contribution in [0.2, 0.25) is 11.6 Å². The predicted octanol–water partition coefficient (Wildman–Crippen LogP) is 3.17. The number of hydrogen-bond acceptors (Lipinski definition) is 2. The van der Waals surface area contributed by atoms with Crippen molar-refractivity contribution in [3.63, 3.8) is 0 Å². The zero-order valence-corrected chi connectivity index (χ0v) is 10.8. The van der Waals surface area contributed by atoms with Crippen molar-refractivity contribution in [2.24, 2.45) is 0 Å². The molecule has 0 saturated heterocycles. The highest BCUT2D eigenvalue weighted by atomic mass is 28.2. The quantitative estimate of drug-likeness (QED) is 0.191. The van der Waals surface area contributed by atoms with Crippen LogP contribution in [-0.2, 0) is 9.53 Å². The summed E-state index contributed by atoms with van der Waals surface area (Å²) in [5.41, 5.74) is 0.658. The summed E-state index contributed by atoms with van der Waals surface area (Å²) in [4.78, 5) is 10.7. The molecule has 0 aromatic heterocycles. The molecule has 0 aliphatic rings. The Kier molecular flexibility index (Phi) is 9.71. The number of hydrogen-bond donors (Lipinski definition) is 0. The topological polar surface area (TPSA) is 26.3 Å². The van der Waals surface area contributed by atoms with Gasteiger partial charge in [-0.05, 0) is 24.8 Å². The molecular weight excluding hydrogens is 216 g/mol. The summed E-state index contributed by atoms with van der Waals surface area (Å²) in [5, 5.41) is 0. The summed E-state index contributed by atoms with van der Waals surface area (Å²) in [6, 6.07) is 1.09. The molecule has 0 rings (SSSR count). The van der Waals surface area contributed by atoms with Gasteiger partial charge in [-0.3, -0.25) is 0 Å². The molecule has 0 aliphatic heterocycles. The summed E-state index contributed by atoms with van der Waals surface area (Å²) < 4.78 is 4.90. The molecule has 0 saturated carbocycles. The molecule has 0 spiro atoms. The van der Waals surface area contributed by atoms with Crippen molar-refractivity contribution >= 4 is 15.5 Å². The molecule has 0 heterocycles.